The monoisotopic (exact) mass is 442 g/mol. The van der Waals surface area contributed by atoms with E-state index in [2.05, 4.69) is 76.0 Å². The first kappa shape index (κ1) is 20.9. The van der Waals surface area contributed by atoms with Crippen LogP contribution in [-0.2, 0) is 7.05 Å². The van der Waals surface area contributed by atoms with E-state index in [4.69, 9.17) is 11.6 Å². The Labute approximate surface area is 187 Å². The Bertz CT molecular complexity index is 1130. The molecule has 8 heteroatoms. The van der Waals surface area contributed by atoms with Crippen LogP contribution in [0.2, 0.25) is 5.15 Å². The average molecular weight is 443 g/mol. The molecule has 2 aromatic heterocycles. The molecule has 1 N–H and O–H groups in total. The van der Waals surface area contributed by atoms with Gasteiger partial charge in [0.2, 0.25) is 0 Å². The Kier molecular flexibility index (Phi) is 5.59. The van der Waals surface area contributed by atoms with Crippen LogP contribution in [-0.4, -0.2) is 39.3 Å². The Morgan fingerprint density at radius 2 is 2.03 bits per heavy atom. The third-order valence-electron chi connectivity index (χ3n) is 5.38. The number of benzene rings is 1. The van der Waals surface area contributed by atoms with E-state index in [-0.39, 0.29) is 0 Å². The fraction of sp³-hybridized carbons (Fsp3) is 0.364. The number of halogens is 1. The predicted molar refractivity (Wildman–Crippen MR) is 129 cm³/mol. The molecule has 3 heterocycles. The van der Waals surface area contributed by atoms with Gasteiger partial charge in [-0.1, -0.05) is 35.2 Å². The first-order valence-electron chi connectivity index (χ1n) is 9.87. The molecule has 3 aromatic rings. The second-order valence-corrected chi connectivity index (χ2v) is 9.18. The van der Waals surface area contributed by atoms with E-state index in [1.165, 1.54) is 11.1 Å². The van der Waals surface area contributed by atoms with Crippen LogP contribution < -0.4 is 9.62 Å². The van der Waals surface area contributed by atoms with E-state index in [0.717, 1.165) is 40.6 Å². The van der Waals surface area contributed by atoms with Gasteiger partial charge in [-0.2, -0.15) is 0 Å². The number of aryl methyl sites for hydroxylation is 2. The third kappa shape index (κ3) is 3.96. The highest BCUT2D eigenvalue weighted by Crippen LogP contribution is 2.41. The van der Waals surface area contributed by atoms with Crippen molar-refractivity contribution in [1.82, 2.24) is 19.4 Å². The Hall–Kier alpha value is -2.38. The average Bonchev–Trinajstić information content (AvgIpc) is 3.40. The minimum Gasteiger partial charge on any atom is -0.366 e. The number of imidazole rings is 1. The maximum absolute atomic E-state index is 6.32. The number of aromatic nitrogens is 3. The van der Waals surface area contributed by atoms with Gasteiger partial charge in [-0.25, -0.2) is 9.97 Å². The molecule has 1 saturated heterocycles. The normalized spacial score (nSPS) is 15.4. The molecule has 158 valence electrons. The number of hydrogen-bond acceptors (Lipinski definition) is 6. The highest BCUT2D eigenvalue weighted by atomic mass is 35.5. The van der Waals surface area contributed by atoms with Crippen LogP contribution in [0.1, 0.15) is 31.3 Å². The molecule has 1 fully saturated rings. The fourth-order valence-electron chi connectivity index (χ4n) is 3.61. The van der Waals surface area contributed by atoms with Crippen molar-refractivity contribution in [3.05, 3.63) is 52.6 Å². The van der Waals surface area contributed by atoms with Crippen molar-refractivity contribution in [1.29, 1.82) is 0 Å². The zero-order valence-electron chi connectivity index (χ0n) is 18.2. The van der Waals surface area contributed by atoms with E-state index < -0.39 is 0 Å². The van der Waals surface area contributed by atoms with Crippen molar-refractivity contribution in [2.24, 2.45) is 7.05 Å². The summed E-state index contributed by atoms with van der Waals surface area (Å²) < 4.78 is 4.12. The zero-order chi connectivity index (χ0) is 21.6. The molecule has 0 aliphatic carbocycles. The summed E-state index contributed by atoms with van der Waals surface area (Å²) in [7, 11) is 4.03. The molecular weight excluding hydrogens is 416 g/mol. The van der Waals surface area contributed by atoms with Crippen LogP contribution in [0.5, 0.6) is 0 Å². The minimum absolute atomic E-state index is 0.444. The van der Waals surface area contributed by atoms with Gasteiger partial charge in [0.15, 0.2) is 5.65 Å². The molecule has 0 amide bonds. The van der Waals surface area contributed by atoms with Gasteiger partial charge in [0.05, 0.1) is 23.1 Å². The first-order valence-corrected chi connectivity index (χ1v) is 11.4. The van der Waals surface area contributed by atoms with Gasteiger partial charge >= 0.3 is 0 Å². The van der Waals surface area contributed by atoms with Crippen molar-refractivity contribution < 1.29 is 0 Å². The third-order valence-corrected chi connectivity index (χ3v) is 6.32. The quantitative estimate of drug-likeness (QED) is 0.301. The number of pyridine rings is 1. The van der Waals surface area contributed by atoms with Gasteiger partial charge in [-0.15, -0.1) is 0 Å². The number of anilines is 3. The Morgan fingerprint density at radius 3 is 2.73 bits per heavy atom. The second-order valence-electron chi connectivity index (χ2n) is 7.88. The molecule has 1 atom stereocenters. The van der Waals surface area contributed by atoms with Gasteiger partial charge in [-0.05, 0) is 44.7 Å². The SMILES string of the molecule is CSN(C)c1cc(C2CN2C=C(C)C)ccc1Nc1cc(Cl)nc2c1nc(C)n2C. The number of hydrogen-bond donors (Lipinski definition) is 1. The fourth-order valence-corrected chi connectivity index (χ4v) is 4.15. The summed E-state index contributed by atoms with van der Waals surface area (Å²) in [6, 6.07) is 8.90. The van der Waals surface area contributed by atoms with Gasteiger partial charge in [0.1, 0.15) is 16.5 Å². The van der Waals surface area contributed by atoms with E-state index in [1.54, 1.807) is 11.9 Å². The number of fused-ring (bicyclic) bond motifs is 1. The lowest BCUT2D eigenvalue weighted by Gasteiger charge is -2.21. The maximum Gasteiger partial charge on any atom is 0.163 e. The highest BCUT2D eigenvalue weighted by Gasteiger charge is 2.33. The molecule has 6 nitrogen and oxygen atoms in total. The Balaban J connectivity index is 1.72. The lowest BCUT2D eigenvalue weighted by atomic mass is 10.1. The molecule has 0 radical (unpaired) electrons. The standard InChI is InChI=1S/C22H27ClN6S/c1-13(2)11-29-12-19(29)15-7-8-16(18(9-15)28(5)30-6)25-17-10-20(23)26-22-21(17)24-14(3)27(22)4/h7-11,19H,12H2,1-6H3,(H,25,26). The summed E-state index contributed by atoms with van der Waals surface area (Å²) in [6.45, 7) is 7.30. The van der Waals surface area contributed by atoms with Crippen LogP contribution in [0.25, 0.3) is 11.2 Å². The molecule has 1 unspecified atom stereocenters. The molecule has 1 aliphatic rings. The molecule has 0 bridgehead atoms. The number of nitrogens with one attached hydrogen (secondary N) is 1. The lowest BCUT2D eigenvalue weighted by Crippen LogP contribution is -2.09. The van der Waals surface area contributed by atoms with Gasteiger partial charge in [0.25, 0.3) is 0 Å². The molecule has 0 saturated carbocycles. The van der Waals surface area contributed by atoms with E-state index in [0.29, 0.717) is 11.2 Å². The molecule has 4 rings (SSSR count). The zero-order valence-corrected chi connectivity index (χ0v) is 19.8. The smallest absolute Gasteiger partial charge is 0.163 e. The van der Waals surface area contributed by atoms with Crippen LogP contribution in [0.15, 0.2) is 36.0 Å². The summed E-state index contributed by atoms with van der Waals surface area (Å²) in [6.07, 6.45) is 4.31. The van der Waals surface area contributed by atoms with Crippen LogP contribution in [0, 0.1) is 6.92 Å². The number of nitrogens with zero attached hydrogens (tertiary/aromatic N) is 5. The summed E-state index contributed by atoms with van der Waals surface area (Å²) in [5.41, 5.74) is 7.22. The van der Waals surface area contributed by atoms with Gasteiger partial charge in [0, 0.05) is 33.0 Å². The lowest BCUT2D eigenvalue weighted by molar-refractivity contribution is 0.687. The molecule has 1 aromatic carbocycles. The molecule has 30 heavy (non-hydrogen) atoms. The summed E-state index contributed by atoms with van der Waals surface area (Å²) >= 11 is 7.99. The van der Waals surface area contributed by atoms with Crippen LogP contribution >= 0.6 is 23.5 Å². The molecular formula is C22H27ClN6S. The summed E-state index contributed by atoms with van der Waals surface area (Å²) in [4.78, 5) is 11.5. The van der Waals surface area contributed by atoms with Crippen molar-refractivity contribution in [2.75, 3.05) is 29.5 Å². The largest absolute Gasteiger partial charge is 0.366 e. The van der Waals surface area contributed by atoms with Crippen molar-refractivity contribution >= 4 is 51.8 Å². The van der Waals surface area contributed by atoms with E-state index in [1.807, 2.05) is 24.6 Å². The van der Waals surface area contributed by atoms with Gasteiger partial charge in [-0.3, -0.25) is 0 Å². The van der Waals surface area contributed by atoms with Crippen molar-refractivity contribution in [2.45, 2.75) is 26.8 Å². The van der Waals surface area contributed by atoms with E-state index >= 15 is 0 Å². The van der Waals surface area contributed by atoms with Crippen LogP contribution in [0.3, 0.4) is 0 Å². The predicted octanol–water partition coefficient (Wildman–Crippen LogP) is 5.67. The highest BCUT2D eigenvalue weighted by molar-refractivity contribution is 7.99. The van der Waals surface area contributed by atoms with Crippen molar-refractivity contribution in [3.63, 3.8) is 0 Å². The Morgan fingerprint density at radius 1 is 1.27 bits per heavy atom. The maximum atomic E-state index is 6.32. The number of allylic oxidation sites excluding steroid dienone is 1. The second kappa shape index (κ2) is 8.04. The number of rotatable bonds is 6. The minimum atomic E-state index is 0.444. The molecule has 0 spiro atoms. The summed E-state index contributed by atoms with van der Waals surface area (Å²) in [5.74, 6) is 0.896. The van der Waals surface area contributed by atoms with Crippen molar-refractivity contribution in [3.8, 4) is 0 Å². The first-order chi connectivity index (χ1) is 14.3. The molecule has 1 aliphatic heterocycles. The van der Waals surface area contributed by atoms with Crippen LogP contribution in [0.4, 0.5) is 17.1 Å². The topological polar surface area (TPSA) is 49.0 Å². The van der Waals surface area contributed by atoms with E-state index in [9.17, 15) is 0 Å². The van der Waals surface area contributed by atoms with Gasteiger partial charge < -0.3 is 19.1 Å². The summed E-state index contributed by atoms with van der Waals surface area (Å²) in [5, 5.41) is 4.01.